The van der Waals surface area contributed by atoms with Crippen molar-refractivity contribution in [2.24, 2.45) is 0 Å². The minimum absolute atomic E-state index is 0.323. The molecule has 0 N–H and O–H groups in total. The van der Waals surface area contributed by atoms with Gasteiger partial charge in [0.15, 0.2) is 11.6 Å². The number of hydrogen-bond acceptors (Lipinski definition) is 8. The average Bonchev–Trinajstić information content (AvgIpc) is 3.65. The standard InChI is InChI=1S/C55H37N7OS/c63-64-50-33-31-44(61(42-27-15-5-16-28-42)43-29-17-6-18-30-43)35-46(50)47-36-45(32-34-51(47)64)62(54-56-48(38-19-7-1-8-20-38)37-49(57-54)39-21-9-2-10-22-39)55-59-52(40-23-11-3-12-24-40)58-53(60-55)41-25-13-4-14-26-41/h1-37H. The fraction of sp³-hybridized carbons (Fsp3) is 0. The Morgan fingerprint density at radius 1 is 0.312 bits per heavy atom. The van der Waals surface area contributed by atoms with Gasteiger partial charge in [-0.05, 0) is 66.7 Å². The maximum Gasteiger partial charge on any atom is 0.241 e. The van der Waals surface area contributed by atoms with E-state index in [1.165, 1.54) is 0 Å². The summed E-state index contributed by atoms with van der Waals surface area (Å²) in [6, 6.07) is 74.7. The Kier molecular flexibility index (Phi) is 10.1. The normalized spacial score (nSPS) is 12.6. The number of benzene rings is 8. The van der Waals surface area contributed by atoms with E-state index in [2.05, 4.69) is 41.3 Å². The molecule has 64 heavy (non-hydrogen) atoms. The third kappa shape index (κ3) is 7.40. The van der Waals surface area contributed by atoms with Crippen LogP contribution in [0.15, 0.2) is 234 Å². The van der Waals surface area contributed by atoms with E-state index < -0.39 is 10.8 Å². The number of nitrogens with zero attached hydrogens (tertiary/aromatic N) is 7. The van der Waals surface area contributed by atoms with Gasteiger partial charge >= 0.3 is 0 Å². The highest BCUT2D eigenvalue weighted by atomic mass is 32.2. The summed E-state index contributed by atoms with van der Waals surface area (Å²) < 4.78 is 14.4. The van der Waals surface area contributed by atoms with Crippen molar-refractivity contribution in [3.63, 3.8) is 0 Å². The van der Waals surface area contributed by atoms with E-state index in [-0.39, 0.29) is 0 Å². The van der Waals surface area contributed by atoms with Crippen molar-refractivity contribution in [1.82, 2.24) is 24.9 Å². The predicted octanol–water partition coefficient (Wildman–Crippen LogP) is 13.4. The molecule has 8 nitrogen and oxygen atoms in total. The van der Waals surface area contributed by atoms with Gasteiger partial charge in [-0.1, -0.05) is 158 Å². The van der Waals surface area contributed by atoms with Crippen molar-refractivity contribution in [3.8, 4) is 56.4 Å². The fourth-order valence-corrected chi connectivity index (χ4v) is 9.40. The first-order chi connectivity index (χ1) is 31.6. The molecular formula is C55H37N7OS. The number of aromatic nitrogens is 5. The van der Waals surface area contributed by atoms with Crippen LogP contribution in [-0.4, -0.2) is 29.1 Å². The number of para-hydroxylation sites is 2. The fourth-order valence-electron chi connectivity index (χ4n) is 8.04. The van der Waals surface area contributed by atoms with E-state index in [0.717, 1.165) is 71.6 Å². The Morgan fingerprint density at radius 3 is 1.09 bits per heavy atom. The van der Waals surface area contributed by atoms with Gasteiger partial charge in [-0.15, -0.1) is 0 Å². The maximum absolute atomic E-state index is 14.4. The summed E-state index contributed by atoms with van der Waals surface area (Å²) in [4.78, 5) is 31.6. The van der Waals surface area contributed by atoms with Crippen LogP contribution in [0, 0.1) is 0 Å². The SMILES string of the molecule is O=S1c2ccc(N(c3ccccc3)c3ccccc3)cc2-c2cc(N(c3nc(-c4ccccc4)cc(-c4ccccc4)n3)c3nc(-c4ccccc4)nc(-c4ccccc4)n3)ccc21. The van der Waals surface area contributed by atoms with Crippen LogP contribution in [0.4, 0.5) is 34.6 Å². The zero-order valence-electron chi connectivity index (χ0n) is 34.3. The average molecular weight is 844 g/mol. The van der Waals surface area contributed by atoms with Gasteiger partial charge in [0.2, 0.25) is 11.9 Å². The topological polar surface area (TPSA) is 88.0 Å². The van der Waals surface area contributed by atoms with Crippen molar-refractivity contribution < 1.29 is 4.21 Å². The molecule has 1 aliphatic rings. The number of hydrogen-bond donors (Lipinski definition) is 0. The number of anilines is 6. The minimum Gasteiger partial charge on any atom is -0.310 e. The van der Waals surface area contributed by atoms with Gasteiger partial charge in [-0.3, -0.25) is 0 Å². The first kappa shape index (κ1) is 38.5. The molecule has 0 saturated carbocycles. The Bertz CT molecular complexity index is 3010. The molecule has 0 spiro atoms. The van der Waals surface area contributed by atoms with Gasteiger partial charge in [0.1, 0.15) is 0 Å². The molecule has 0 fully saturated rings. The minimum atomic E-state index is -1.42. The molecule has 1 aliphatic heterocycles. The lowest BCUT2D eigenvalue weighted by molar-refractivity contribution is 0.685. The second-order valence-electron chi connectivity index (χ2n) is 15.2. The zero-order chi connectivity index (χ0) is 42.8. The molecule has 1 atom stereocenters. The molecule has 0 amide bonds. The van der Waals surface area contributed by atoms with Crippen LogP contribution in [0.5, 0.6) is 0 Å². The van der Waals surface area contributed by atoms with Crippen LogP contribution in [0.25, 0.3) is 56.4 Å². The molecule has 11 rings (SSSR count). The van der Waals surface area contributed by atoms with Crippen molar-refractivity contribution in [2.75, 3.05) is 9.80 Å². The lowest BCUT2D eigenvalue weighted by Crippen LogP contribution is -2.18. The Labute approximate surface area is 373 Å². The zero-order valence-corrected chi connectivity index (χ0v) is 35.1. The Morgan fingerprint density at radius 2 is 0.672 bits per heavy atom. The number of fused-ring (bicyclic) bond motifs is 3. The van der Waals surface area contributed by atoms with Crippen molar-refractivity contribution in [2.45, 2.75) is 9.79 Å². The smallest absolute Gasteiger partial charge is 0.241 e. The van der Waals surface area contributed by atoms with Crippen LogP contribution in [0.2, 0.25) is 0 Å². The van der Waals surface area contributed by atoms with Gasteiger partial charge in [-0.2, -0.15) is 9.97 Å². The van der Waals surface area contributed by atoms with E-state index in [0.29, 0.717) is 29.2 Å². The molecular weight excluding hydrogens is 807 g/mol. The Hall–Kier alpha value is -8.40. The summed E-state index contributed by atoms with van der Waals surface area (Å²) >= 11 is 0. The largest absolute Gasteiger partial charge is 0.310 e. The predicted molar refractivity (Wildman–Crippen MR) is 257 cm³/mol. The second-order valence-corrected chi connectivity index (χ2v) is 16.6. The summed E-state index contributed by atoms with van der Waals surface area (Å²) in [5.74, 6) is 1.67. The molecule has 2 aromatic heterocycles. The first-order valence-corrected chi connectivity index (χ1v) is 22.1. The van der Waals surface area contributed by atoms with Crippen LogP contribution in [0.1, 0.15) is 0 Å². The van der Waals surface area contributed by atoms with Gasteiger partial charge in [0.05, 0.1) is 37.7 Å². The molecule has 3 heterocycles. The molecule has 0 saturated heterocycles. The van der Waals surface area contributed by atoms with E-state index in [9.17, 15) is 4.21 Å². The summed E-state index contributed by atoms with van der Waals surface area (Å²) in [6.07, 6.45) is 0. The van der Waals surface area contributed by atoms with Crippen LogP contribution >= 0.6 is 0 Å². The molecule has 304 valence electrons. The molecule has 0 radical (unpaired) electrons. The van der Waals surface area contributed by atoms with Gasteiger partial charge in [0.25, 0.3) is 0 Å². The Balaban J connectivity index is 1.15. The van der Waals surface area contributed by atoms with Gasteiger partial charge in [0, 0.05) is 50.4 Å². The van der Waals surface area contributed by atoms with Crippen molar-refractivity contribution in [3.05, 3.63) is 224 Å². The van der Waals surface area contributed by atoms with Crippen LogP contribution in [0.3, 0.4) is 0 Å². The highest BCUT2D eigenvalue weighted by Gasteiger charge is 2.30. The lowest BCUT2D eigenvalue weighted by Gasteiger charge is -2.26. The molecule has 8 aromatic carbocycles. The van der Waals surface area contributed by atoms with Crippen LogP contribution in [-0.2, 0) is 10.8 Å². The lowest BCUT2D eigenvalue weighted by atomic mass is 10.0. The van der Waals surface area contributed by atoms with E-state index in [1.54, 1.807) is 0 Å². The molecule has 10 aromatic rings. The first-order valence-electron chi connectivity index (χ1n) is 20.9. The van der Waals surface area contributed by atoms with E-state index >= 15 is 0 Å². The summed E-state index contributed by atoms with van der Waals surface area (Å²) in [7, 11) is -1.42. The van der Waals surface area contributed by atoms with Gasteiger partial charge < -0.3 is 4.90 Å². The maximum atomic E-state index is 14.4. The summed E-state index contributed by atoms with van der Waals surface area (Å²) in [5, 5.41) is 0. The monoisotopic (exact) mass is 843 g/mol. The highest BCUT2D eigenvalue weighted by Crippen LogP contribution is 2.47. The highest BCUT2D eigenvalue weighted by molar-refractivity contribution is 7.85. The summed E-state index contributed by atoms with van der Waals surface area (Å²) in [6.45, 7) is 0. The summed E-state index contributed by atoms with van der Waals surface area (Å²) in [5.41, 5.74) is 10.3. The second kappa shape index (κ2) is 16.8. The van der Waals surface area contributed by atoms with E-state index in [4.69, 9.17) is 24.9 Å². The van der Waals surface area contributed by atoms with Gasteiger partial charge in [-0.25, -0.2) is 24.1 Å². The quantitative estimate of drug-likeness (QED) is 0.134. The van der Waals surface area contributed by atoms with Crippen molar-refractivity contribution in [1.29, 1.82) is 0 Å². The molecule has 0 bridgehead atoms. The molecule has 0 aliphatic carbocycles. The number of rotatable bonds is 10. The molecule has 1 unspecified atom stereocenters. The van der Waals surface area contributed by atoms with Crippen molar-refractivity contribution >= 4 is 45.4 Å². The molecule has 9 heteroatoms. The van der Waals surface area contributed by atoms with Crippen LogP contribution < -0.4 is 9.80 Å². The third-order valence-corrected chi connectivity index (χ3v) is 12.6. The van der Waals surface area contributed by atoms with E-state index in [1.807, 2.05) is 193 Å². The third-order valence-electron chi connectivity index (χ3n) is 11.1.